The number of hydrogen-bond donors (Lipinski definition) is 0. The number of piperidine rings is 1. The normalized spacial score (nSPS) is 17.2. The van der Waals surface area contributed by atoms with Gasteiger partial charge < -0.3 is 9.47 Å². The van der Waals surface area contributed by atoms with Crippen molar-refractivity contribution in [3.63, 3.8) is 0 Å². The third-order valence-corrected chi connectivity index (χ3v) is 5.24. The Labute approximate surface area is 149 Å². The quantitative estimate of drug-likeness (QED) is 0.810. The third kappa shape index (κ3) is 4.11. The zero-order chi connectivity index (χ0) is 17.8. The molecule has 0 saturated carbocycles. The molecule has 3 rings (SSSR count). The lowest BCUT2D eigenvalue weighted by molar-refractivity contribution is -0.135. The first-order chi connectivity index (χ1) is 12.1. The minimum Gasteiger partial charge on any atom is -0.341 e. The number of amides is 1. The number of nitrogens with zero attached hydrogens (tertiary/aromatic N) is 5. The molecule has 0 unspecified atom stereocenters. The van der Waals surface area contributed by atoms with Gasteiger partial charge in [0.25, 0.3) is 0 Å². The van der Waals surface area contributed by atoms with Crippen LogP contribution in [0.3, 0.4) is 0 Å². The van der Waals surface area contributed by atoms with Crippen LogP contribution in [0.25, 0.3) is 0 Å². The second-order valence-electron chi connectivity index (χ2n) is 7.35. The topological polar surface area (TPSA) is 56.0 Å². The average Bonchev–Trinajstić information content (AvgIpc) is 3.30. The first-order valence-electron chi connectivity index (χ1n) is 9.35. The number of rotatable bonds is 6. The zero-order valence-corrected chi connectivity index (χ0v) is 15.5. The molecule has 0 spiro atoms. The van der Waals surface area contributed by atoms with E-state index in [4.69, 9.17) is 0 Å². The van der Waals surface area contributed by atoms with Crippen molar-refractivity contribution in [2.45, 2.75) is 58.5 Å². The molecule has 3 heterocycles. The molecule has 0 aliphatic carbocycles. The van der Waals surface area contributed by atoms with Gasteiger partial charge in [0, 0.05) is 50.3 Å². The predicted molar refractivity (Wildman–Crippen MR) is 97.2 cm³/mol. The van der Waals surface area contributed by atoms with Crippen molar-refractivity contribution in [2.75, 3.05) is 13.1 Å². The van der Waals surface area contributed by atoms with Crippen molar-refractivity contribution in [1.29, 1.82) is 0 Å². The molecule has 2 aromatic heterocycles. The fourth-order valence-electron chi connectivity index (χ4n) is 3.67. The summed E-state index contributed by atoms with van der Waals surface area (Å²) in [4.78, 5) is 19.3. The molecule has 1 saturated heterocycles. The van der Waals surface area contributed by atoms with E-state index in [2.05, 4.69) is 23.9 Å². The highest BCUT2D eigenvalue weighted by Crippen LogP contribution is 2.24. The second-order valence-corrected chi connectivity index (χ2v) is 7.35. The van der Waals surface area contributed by atoms with Crippen molar-refractivity contribution in [3.8, 4) is 0 Å². The van der Waals surface area contributed by atoms with Gasteiger partial charge in [0.2, 0.25) is 5.91 Å². The van der Waals surface area contributed by atoms with E-state index in [1.54, 1.807) is 6.20 Å². The van der Waals surface area contributed by atoms with Crippen LogP contribution in [0, 0.1) is 5.92 Å². The Morgan fingerprint density at radius 2 is 1.96 bits per heavy atom. The van der Waals surface area contributed by atoms with Crippen molar-refractivity contribution < 1.29 is 4.79 Å². The van der Waals surface area contributed by atoms with E-state index in [-0.39, 0.29) is 11.9 Å². The van der Waals surface area contributed by atoms with E-state index in [0.29, 0.717) is 11.8 Å². The van der Waals surface area contributed by atoms with Gasteiger partial charge in [-0.3, -0.25) is 9.48 Å². The molecule has 1 aliphatic heterocycles. The second kappa shape index (κ2) is 7.85. The van der Waals surface area contributed by atoms with Crippen LogP contribution < -0.4 is 0 Å². The molecule has 1 atom stereocenters. The standard InChI is InChI=1S/C19H29N5O/c1-15(2)18-20-9-14-24(18)16(3)19(25)22-11-5-17(6-12-22)7-13-23-10-4-8-21-23/h4,8-10,14-17H,5-7,11-13H2,1-3H3/t16-/m1/s1. The highest BCUT2D eigenvalue weighted by molar-refractivity contribution is 5.80. The summed E-state index contributed by atoms with van der Waals surface area (Å²) in [5.74, 6) is 2.20. The van der Waals surface area contributed by atoms with E-state index >= 15 is 0 Å². The summed E-state index contributed by atoms with van der Waals surface area (Å²) >= 11 is 0. The van der Waals surface area contributed by atoms with Gasteiger partial charge in [-0.2, -0.15) is 5.10 Å². The van der Waals surface area contributed by atoms with Crippen molar-refractivity contribution in [1.82, 2.24) is 24.2 Å². The molecule has 136 valence electrons. The van der Waals surface area contributed by atoms with E-state index in [1.807, 2.05) is 45.7 Å². The van der Waals surface area contributed by atoms with E-state index in [9.17, 15) is 4.79 Å². The van der Waals surface area contributed by atoms with Crippen molar-refractivity contribution in [2.24, 2.45) is 5.92 Å². The molecule has 6 heteroatoms. The summed E-state index contributed by atoms with van der Waals surface area (Å²) < 4.78 is 4.02. The summed E-state index contributed by atoms with van der Waals surface area (Å²) in [5.41, 5.74) is 0. The fraction of sp³-hybridized carbons (Fsp3) is 0.632. The van der Waals surface area contributed by atoms with E-state index in [1.165, 1.54) is 0 Å². The first kappa shape index (κ1) is 17.7. The summed E-state index contributed by atoms with van der Waals surface area (Å²) in [5, 5.41) is 4.26. The van der Waals surface area contributed by atoms with Crippen LogP contribution in [0.4, 0.5) is 0 Å². The van der Waals surface area contributed by atoms with Crippen LogP contribution >= 0.6 is 0 Å². The number of imidazole rings is 1. The maximum atomic E-state index is 12.9. The molecule has 1 amide bonds. The first-order valence-corrected chi connectivity index (χ1v) is 9.35. The number of aryl methyl sites for hydroxylation is 1. The molecular weight excluding hydrogens is 314 g/mol. The van der Waals surface area contributed by atoms with Crippen LogP contribution in [0.5, 0.6) is 0 Å². The lowest BCUT2D eigenvalue weighted by Gasteiger charge is -2.34. The molecular formula is C19H29N5O. The monoisotopic (exact) mass is 343 g/mol. The van der Waals surface area contributed by atoms with E-state index in [0.717, 1.165) is 44.7 Å². The Balaban J connectivity index is 1.51. The van der Waals surface area contributed by atoms with Gasteiger partial charge in [0.05, 0.1) is 0 Å². The Hall–Kier alpha value is -2.11. The predicted octanol–water partition coefficient (Wildman–Crippen LogP) is 3.09. The number of carbonyl (C=O) groups excluding carboxylic acids is 1. The molecule has 0 aromatic carbocycles. The van der Waals surface area contributed by atoms with Gasteiger partial charge in [-0.1, -0.05) is 13.8 Å². The van der Waals surface area contributed by atoms with Crippen LogP contribution in [0.2, 0.25) is 0 Å². The molecule has 0 radical (unpaired) electrons. The highest BCUT2D eigenvalue weighted by Gasteiger charge is 2.28. The number of carbonyl (C=O) groups is 1. The number of hydrogen-bond acceptors (Lipinski definition) is 3. The Kier molecular flexibility index (Phi) is 5.56. The van der Waals surface area contributed by atoms with Crippen molar-refractivity contribution in [3.05, 3.63) is 36.7 Å². The Morgan fingerprint density at radius 3 is 2.60 bits per heavy atom. The Bertz CT molecular complexity index is 668. The minimum absolute atomic E-state index is 0.180. The summed E-state index contributed by atoms with van der Waals surface area (Å²) in [6.07, 6.45) is 10.9. The van der Waals surface area contributed by atoms with Gasteiger partial charge in [0.15, 0.2) is 0 Å². The zero-order valence-electron chi connectivity index (χ0n) is 15.5. The van der Waals surface area contributed by atoms with Crippen LogP contribution in [-0.4, -0.2) is 43.2 Å². The maximum absolute atomic E-state index is 12.9. The van der Waals surface area contributed by atoms with Gasteiger partial charge >= 0.3 is 0 Å². The molecule has 1 aliphatic rings. The maximum Gasteiger partial charge on any atom is 0.245 e. The van der Waals surface area contributed by atoms with E-state index < -0.39 is 0 Å². The summed E-state index contributed by atoms with van der Waals surface area (Å²) in [6.45, 7) is 8.90. The number of aromatic nitrogens is 4. The van der Waals surface area contributed by atoms with Crippen LogP contribution in [0.1, 0.15) is 57.8 Å². The fourth-order valence-corrected chi connectivity index (χ4v) is 3.67. The van der Waals surface area contributed by atoms with Crippen LogP contribution in [0.15, 0.2) is 30.9 Å². The smallest absolute Gasteiger partial charge is 0.245 e. The molecule has 0 bridgehead atoms. The highest BCUT2D eigenvalue weighted by atomic mass is 16.2. The van der Waals surface area contributed by atoms with Gasteiger partial charge in [-0.15, -0.1) is 0 Å². The van der Waals surface area contributed by atoms with Gasteiger partial charge in [-0.25, -0.2) is 4.98 Å². The van der Waals surface area contributed by atoms with Gasteiger partial charge in [0.1, 0.15) is 11.9 Å². The van der Waals surface area contributed by atoms with Gasteiger partial charge in [-0.05, 0) is 38.2 Å². The SMILES string of the molecule is CC(C)c1nccn1[C@H](C)C(=O)N1CCC(CCn2cccn2)CC1. The largest absolute Gasteiger partial charge is 0.341 e. The summed E-state index contributed by atoms with van der Waals surface area (Å²) in [7, 11) is 0. The third-order valence-electron chi connectivity index (χ3n) is 5.24. The summed E-state index contributed by atoms with van der Waals surface area (Å²) in [6, 6.07) is 1.78. The minimum atomic E-state index is -0.180. The average molecular weight is 343 g/mol. The molecule has 25 heavy (non-hydrogen) atoms. The lowest BCUT2D eigenvalue weighted by Crippen LogP contribution is -2.42. The Morgan fingerprint density at radius 1 is 1.20 bits per heavy atom. The molecule has 0 N–H and O–H groups in total. The number of likely N-dealkylation sites (tertiary alicyclic amines) is 1. The molecule has 6 nitrogen and oxygen atoms in total. The van der Waals surface area contributed by atoms with Crippen LogP contribution in [-0.2, 0) is 11.3 Å². The molecule has 2 aromatic rings. The van der Waals surface area contributed by atoms with Crippen molar-refractivity contribution >= 4 is 5.91 Å². The lowest BCUT2D eigenvalue weighted by atomic mass is 9.93. The molecule has 1 fully saturated rings.